The zero-order chi connectivity index (χ0) is 21.9. The van der Waals surface area contributed by atoms with Crippen LogP contribution in [0.5, 0.6) is 0 Å². The number of ether oxygens (including phenoxy) is 2. The number of rotatable bonds is 11. The standard InChI is InChI=1S/C28H35NO2/c1-4-10-22(5-2)24-13-8-14-25(19-24)27-16-17-29-20-28(27)31-21-26-12-7-6-11-23(26)15-9-18-30-3/h4-8,10-14,19,27-29H,1-2,9,15-18,20-21H2,3H3/b22-10+/t27-,28+/m1/s1. The van der Waals surface area contributed by atoms with Crippen molar-refractivity contribution in [3.8, 4) is 0 Å². The van der Waals surface area contributed by atoms with Gasteiger partial charge in [-0.05, 0) is 53.6 Å². The highest BCUT2D eigenvalue weighted by Crippen LogP contribution is 2.31. The molecule has 3 rings (SSSR count). The molecule has 3 nitrogen and oxygen atoms in total. The van der Waals surface area contributed by atoms with E-state index in [4.69, 9.17) is 9.47 Å². The SMILES string of the molecule is C=C/C=C(\C=C)c1cccc([C@H]2CCNC[C@@H]2OCc2ccccc2CCCOC)c1. The number of aryl methyl sites for hydroxylation is 1. The van der Waals surface area contributed by atoms with E-state index in [-0.39, 0.29) is 6.10 Å². The molecule has 0 aromatic heterocycles. The molecule has 0 aliphatic carbocycles. The van der Waals surface area contributed by atoms with Gasteiger partial charge in [0.1, 0.15) is 0 Å². The van der Waals surface area contributed by atoms with Crippen molar-refractivity contribution in [2.75, 3.05) is 26.8 Å². The lowest BCUT2D eigenvalue weighted by atomic mass is 9.86. The highest BCUT2D eigenvalue weighted by Gasteiger charge is 2.27. The molecule has 1 heterocycles. The van der Waals surface area contributed by atoms with Crippen molar-refractivity contribution in [2.45, 2.75) is 37.9 Å². The van der Waals surface area contributed by atoms with E-state index >= 15 is 0 Å². The monoisotopic (exact) mass is 417 g/mol. The van der Waals surface area contributed by atoms with E-state index in [9.17, 15) is 0 Å². The predicted molar refractivity (Wildman–Crippen MR) is 130 cm³/mol. The Bertz CT molecular complexity index is 886. The van der Waals surface area contributed by atoms with Crippen LogP contribution in [0.15, 0.2) is 79.9 Å². The van der Waals surface area contributed by atoms with Gasteiger partial charge in [0.2, 0.25) is 0 Å². The van der Waals surface area contributed by atoms with E-state index in [1.807, 2.05) is 18.2 Å². The number of hydrogen-bond acceptors (Lipinski definition) is 3. The van der Waals surface area contributed by atoms with Crippen LogP contribution in [0.1, 0.15) is 41.0 Å². The predicted octanol–water partition coefficient (Wildman–Crippen LogP) is 5.68. The molecule has 0 unspecified atom stereocenters. The zero-order valence-corrected chi connectivity index (χ0v) is 18.7. The Hall–Kier alpha value is -2.46. The molecule has 1 aliphatic rings. The Balaban J connectivity index is 1.73. The minimum Gasteiger partial charge on any atom is -0.385 e. The van der Waals surface area contributed by atoms with Crippen LogP contribution in [-0.2, 0) is 22.5 Å². The second-order valence-corrected chi connectivity index (χ2v) is 8.00. The quantitative estimate of drug-likeness (QED) is 0.377. The van der Waals surface area contributed by atoms with Gasteiger partial charge < -0.3 is 14.8 Å². The fourth-order valence-electron chi connectivity index (χ4n) is 4.29. The van der Waals surface area contributed by atoms with Crippen LogP contribution in [0.4, 0.5) is 0 Å². The third-order valence-electron chi connectivity index (χ3n) is 5.96. The number of hydrogen-bond donors (Lipinski definition) is 1. The van der Waals surface area contributed by atoms with Gasteiger partial charge in [0.25, 0.3) is 0 Å². The zero-order valence-electron chi connectivity index (χ0n) is 18.7. The maximum Gasteiger partial charge on any atom is 0.0772 e. The Kier molecular flexibility index (Phi) is 9.29. The molecule has 2 aromatic rings. The molecule has 2 aromatic carbocycles. The lowest BCUT2D eigenvalue weighted by Gasteiger charge is -2.33. The smallest absolute Gasteiger partial charge is 0.0772 e. The van der Waals surface area contributed by atoms with E-state index in [1.54, 1.807) is 7.11 Å². The van der Waals surface area contributed by atoms with Gasteiger partial charge in [-0.1, -0.05) is 79.9 Å². The molecule has 3 heteroatoms. The fourth-order valence-corrected chi connectivity index (χ4v) is 4.29. The van der Waals surface area contributed by atoms with Crippen molar-refractivity contribution < 1.29 is 9.47 Å². The summed E-state index contributed by atoms with van der Waals surface area (Å²) in [6, 6.07) is 17.4. The van der Waals surface area contributed by atoms with Gasteiger partial charge in [-0.25, -0.2) is 0 Å². The molecule has 1 N–H and O–H groups in total. The summed E-state index contributed by atoms with van der Waals surface area (Å²) < 4.78 is 11.7. The Morgan fingerprint density at radius 3 is 2.74 bits per heavy atom. The summed E-state index contributed by atoms with van der Waals surface area (Å²) in [5.41, 5.74) is 6.22. The summed E-state index contributed by atoms with van der Waals surface area (Å²) in [5.74, 6) is 0.372. The largest absolute Gasteiger partial charge is 0.385 e. The minimum absolute atomic E-state index is 0.145. The summed E-state index contributed by atoms with van der Waals surface area (Å²) >= 11 is 0. The van der Waals surface area contributed by atoms with Gasteiger partial charge in [0.05, 0.1) is 12.7 Å². The maximum atomic E-state index is 6.51. The van der Waals surface area contributed by atoms with Gasteiger partial charge in [0.15, 0.2) is 0 Å². The van der Waals surface area contributed by atoms with Crippen LogP contribution in [-0.4, -0.2) is 32.9 Å². The van der Waals surface area contributed by atoms with Crippen molar-refractivity contribution >= 4 is 5.57 Å². The van der Waals surface area contributed by atoms with Crippen LogP contribution in [0, 0.1) is 0 Å². The molecule has 0 amide bonds. The summed E-state index contributed by atoms with van der Waals surface area (Å²) in [7, 11) is 1.76. The summed E-state index contributed by atoms with van der Waals surface area (Å²) in [4.78, 5) is 0. The van der Waals surface area contributed by atoms with Crippen LogP contribution in [0.3, 0.4) is 0 Å². The third kappa shape index (κ3) is 6.51. The first-order valence-electron chi connectivity index (χ1n) is 11.2. The van der Waals surface area contributed by atoms with Crippen LogP contribution in [0.25, 0.3) is 5.57 Å². The van der Waals surface area contributed by atoms with Crippen molar-refractivity contribution in [3.05, 3.63) is 102 Å². The lowest BCUT2D eigenvalue weighted by Crippen LogP contribution is -2.41. The molecule has 0 bridgehead atoms. The van der Waals surface area contributed by atoms with E-state index < -0.39 is 0 Å². The van der Waals surface area contributed by atoms with Gasteiger partial charge in [-0.2, -0.15) is 0 Å². The van der Waals surface area contributed by atoms with Crippen molar-refractivity contribution in [1.82, 2.24) is 5.32 Å². The minimum atomic E-state index is 0.145. The van der Waals surface area contributed by atoms with E-state index in [0.29, 0.717) is 12.5 Å². The number of benzene rings is 2. The van der Waals surface area contributed by atoms with Crippen molar-refractivity contribution in [2.24, 2.45) is 0 Å². The normalized spacial score (nSPS) is 19.2. The number of piperidine rings is 1. The maximum absolute atomic E-state index is 6.51. The molecule has 0 saturated carbocycles. The third-order valence-corrected chi connectivity index (χ3v) is 5.96. The van der Waals surface area contributed by atoms with Crippen LogP contribution in [0.2, 0.25) is 0 Å². The molecule has 31 heavy (non-hydrogen) atoms. The van der Waals surface area contributed by atoms with Crippen molar-refractivity contribution in [3.63, 3.8) is 0 Å². The molecule has 1 saturated heterocycles. The van der Waals surface area contributed by atoms with Gasteiger partial charge in [0, 0.05) is 26.2 Å². The molecular weight excluding hydrogens is 382 g/mol. The topological polar surface area (TPSA) is 30.5 Å². The summed E-state index contributed by atoms with van der Waals surface area (Å²) in [6.07, 6.45) is 8.95. The number of methoxy groups -OCH3 is 1. The molecule has 164 valence electrons. The Labute approximate surface area is 187 Å². The number of nitrogens with one attached hydrogen (secondary N) is 1. The molecule has 1 aliphatic heterocycles. The van der Waals surface area contributed by atoms with Gasteiger partial charge in [-0.15, -0.1) is 0 Å². The van der Waals surface area contributed by atoms with E-state index in [2.05, 4.69) is 67.0 Å². The van der Waals surface area contributed by atoms with Crippen LogP contribution >= 0.6 is 0 Å². The van der Waals surface area contributed by atoms with Crippen LogP contribution < -0.4 is 5.32 Å². The molecule has 0 spiro atoms. The van der Waals surface area contributed by atoms with E-state index in [0.717, 1.165) is 44.5 Å². The average molecular weight is 418 g/mol. The second kappa shape index (κ2) is 12.4. The molecular formula is C28H35NO2. The number of allylic oxidation sites excluding steroid dienone is 4. The summed E-state index contributed by atoms with van der Waals surface area (Å²) in [5, 5.41) is 3.51. The average Bonchev–Trinajstić information content (AvgIpc) is 2.82. The fraction of sp³-hybridized carbons (Fsp3) is 0.357. The van der Waals surface area contributed by atoms with Crippen molar-refractivity contribution in [1.29, 1.82) is 0 Å². The highest BCUT2D eigenvalue weighted by atomic mass is 16.5. The van der Waals surface area contributed by atoms with E-state index in [1.165, 1.54) is 22.3 Å². The van der Waals surface area contributed by atoms with Gasteiger partial charge >= 0.3 is 0 Å². The molecule has 2 atom stereocenters. The lowest BCUT2D eigenvalue weighted by molar-refractivity contribution is 0.0103. The second-order valence-electron chi connectivity index (χ2n) is 8.00. The Morgan fingerprint density at radius 2 is 1.97 bits per heavy atom. The first-order chi connectivity index (χ1) is 15.3. The molecule has 1 fully saturated rings. The first-order valence-corrected chi connectivity index (χ1v) is 11.2. The molecule has 0 radical (unpaired) electrons. The highest BCUT2D eigenvalue weighted by molar-refractivity contribution is 5.75. The Morgan fingerprint density at radius 1 is 1.13 bits per heavy atom. The first kappa shape index (κ1) is 23.2. The summed E-state index contributed by atoms with van der Waals surface area (Å²) in [6.45, 7) is 11.1. The van der Waals surface area contributed by atoms with Gasteiger partial charge in [-0.3, -0.25) is 0 Å².